The molecule has 0 aromatic carbocycles. The van der Waals surface area contributed by atoms with Crippen molar-refractivity contribution in [3.63, 3.8) is 0 Å². The highest BCUT2D eigenvalue weighted by Crippen LogP contribution is 2.22. The van der Waals surface area contributed by atoms with Crippen molar-refractivity contribution in [1.82, 2.24) is 10.6 Å². The Labute approximate surface area is 95.9 Å². The molecule has 1 aliphatic rings. The van der Waals surface area contributed by atoms with Crippen molar-refractivity contribution in [2.45, 2.75) is 38.6 Å². The van der Waals surface area contributed by atoms with Gasteiger partial charge in [-0.2, -0.15) is 0 Å². The van der Waals surface area contributed by atoms with Gasteiger partial charge in [0.1, 0.15) is 6.54 Å². The Bertz CT molecular complexity index is 260. The maximum atomic E-state index is 11.9. The molecule has 1 heterocycles. The fourth-order valence-electron chi connectivity index (χ4n) is 2.00. The third-order valence-electron chi connectivity index (χ3n) is 2.98. The molecule has 0 radical (unpaired) electrons. The van der Waals surface area contributed by atoms with E-state index in [2.05, 4.69) is 10.6 Å². The van der Waals surface area contributed by atoms with Crippen LogP contribution in [-0.4, -0.2) is 37.1 Å². The zero-order valence-electron chi connectivity index (χ0n) is 9.97. The minimum Gasteiger partial charge on any atom is -0.465 e. The van der Waals surface area contributed by atoms with Gasteiger partial charge in [0.25, 0.3) is 0 Å². The summed E-state index contributed by atoms with van der Waals surface area (Å²) < 4.78 is 4.75. The van der Waals surface area contributed by atoms with Crippen LogP contribution >= 0.6 is 0 Å². The predicted octanol–water partition coefficient (Wildman–Crippen LogP) is 0.198. The minimum absolute atomic E-state index is 0.0455. The highest BCUT2D eigenvalue weighted by atomic mass is 16.5. The Morgan fingerprint density at radius 1 is 1.44 bits per heavy atom. The van der Waals surface area contributed by atoms with Crippen molar-refractivity contribution < 1.29 is 14.3 Å². The molecular formula is C11H20N2O3. The molecule has 16 heavy (non-hydrogen) atoms. The molecule has 5 nitrogen and oxygen atoms in total. The van der Waals surface area contributed by atoms with Crippen molar-refractivity contribution >= 4 is 11.9 Å². The topological polar surface area (TPSA) is 67.4 Å². The fraction of sp³-hybridized carbons (Fsp3) is 0.818. The normalized spacial score (nSPS) is 24.1. The summed E-state index contributed by atoms with van der Waals surface area (Å²) in [6.45, 7) is 4.87. The summed E-state index contributed by atoms with van der Waals surface area (Å²) in [5.41, 5.74) is -0.480. The van der Waals surface area contributed by atoms with Gasteiger partial charge < -0.3 is 15.4 Å². The van der Waals surface area contributed by atoms with Crippen molar-refractivity contribution in [2.24, 2.45) is 0 Å². The van der Waals surface area contributed by atoms with Crippen LogP contribution in [0.25, 0.3) is 0 Å². The van der Waals surface area contributed by atoms with E-state index >= 15 is 0 Å². The maximum Gasteiger partial charge on any atom is 0.325 e. The van der Waals surface area contributed by atoms with Crippen molar-refractivity contribution in [3.05, 3.63) is 0 Å². The number of esters is 1. The van der Waals surface area contributed by atoms with Gasteiger partial charge >= 0.3 is 5.97 Å². The first-order valence-corrected chi connectivity index (χ1v) is 5.83. The van der Waals surface area contributed by atoms with E-state index in [-0.39, 0.29) is 18.4 Å². The Hall–Kier alpha value is -1.10. The summed E-state index contributed by atoms with van der Waals surface area (Å²) in [6.07, 6.45) is 2.57. The Morgan fingerprint density at radius 3 is 2.69 bits per heavy atom. The molecule has 0 aromatic rings. The molecule has 92 valence electrons. The number of amides is 1. The molecule has 0 saturated carbocycles. The number of hydrogen-bond donors (Lipinski definition) is 2. The number of carbonyl (C=O) groups excluding carboxylic acids is 2. The van der Waals surface area contributed by atoms with Crippen LogP contribution in [0.5, 0.6) is 0 Å². The van der Waals surface area contributed by atoms with E-state index in [0.717, 1.165) is 25.8 Å². The van der Waals surface area contributed by atoms with Crippen LogP contribution in [0.3, 0.4) is 0 Å². The van der Waals surface area contributed by atoms with Crippen LogP contribution in [0.1, 0.15) is 33.1 Å². The lowest BCUT2D eigenvalue weighted by Crippen LogP contribution is -2.54. The number of ether oxygens (including phenoxy) is 1. The number of hydrogen-bond acceptors (Lipinski definition) is 4. The lowest BCUT2D eigenvalue weighted by Gasteiger charge is -2.26. The van der Waals surface area contributed by atoms with Crippen LogP contribution in [0.2, 0.25) is 0 Å². The van der Waals surface area contributed by atoms with E-state index in [1.807, 2.05) is 6.92 Å². The summed E-state index contributed by atoms with van der Waals surface area (Å²) in [5.74, 6) is -0.486. The summed E-state index contributed by atoms with van der Waals surface area (Å²) in [4.78, 5) is 23.0. The van der Waals surface area contributed by atoms with Crippen molar-refractivity contribution in [2.75, 3.05) is 19.7 Å². The van der Waals surface area contributed by atoms with E-state index in [0.29, 0.717) is 6.61 Å². The molecule has 1 aliphatic heterocycles. The van der Waals surface area contributed by atoms with E-state index < -0.39 is 5.54 Å². The molecule has 1 saturated heterocycles. The molecule has 0 bridgehead atoms. The van der Waals surface area contributed by atoms with Crippen LogP contribution in [0, 0.1) is 0 Å². The molecule has 0 aliphatic carbocycles. The van der Waals surface area contributed by atoms with Gasteiger partial charge in [0.2, 0.25) is 5.91 Å². The molecule has 2 N–H and O–H groups in total. The monoisotopic (exact) mass is 228 g/mol. The first-order valence-electron chi connectivity index (χ1n) is 5.83. The zero-order chi connectivity index (χ0) is 12.0. The summed E-state index contributed by atoms with van der Waals surface area (Å²) in [6, 6.07) is 0. The van der Waals surface area contributed by atoms with Crippen LogP contribution in [-0.2, 0) is 14.3 Å². The average Bonchev–Trinajstić information content (AvgIpc) is 2.76. The van der Waals surface area contributed by atoms with E-state index in [1.165, 1.54) is 0 Å². The van der Waals surface area contributed by atoms with Gasteiger partial charge in [-0.3, -0.25) is 9.59 Å². The standard InChI is InChI=1S/C11H20N2O3/c1-3-11(6-5-7-13-11)10(15)12-8-9(14)16-4-2/h13H,3-8H2,1-2H3,(H,12,15). The Balaban J connectivity index is 2.41. The molecule has 5 heteroatoms. The van der Waals surface area contributed by atoms with Gasteiger partial charge in [0.15, 0.2) is 0 Å². The van der Waals surface area contributed by atoms with Crippen molar-refractivity contribution in [3.8, 4) is 0 Å². The zero-order valence-corrected chi connectivity index (χ0v) is 9.97. The second-order valence-corrected chi connectivity index (χ2v) is 3.95. The molecule has 0 aromatic heterocycles. The molecular weight excluding hydrogens is 208 g/mol. The molecule has 1 amide bonds. The second kappa shape index (κ2) is 5.84. The largest absolute Gasteiger partial charge is 0.465 e. The third-order valence-corrected chi connectivity index (χ3v) is 2.98. The molecule has 0 spiro atoms. The highest BCUT2D eigenvalue weighted by Gasteiger charge is 2.38. The van der Waals surface area contributed by atoms with E-state index in [1.54, 1.807) is 6.92 Å². The van der Waals surface area contributed by atoms with Crippen LogP contribution in [0.4, 0.5) is 0 Å². The second-order valence-electron chi connectivity index (χ2n) is 3.95. The van der Waals surface area contributed by atoms with E-state index in [9.17, 15) is 9.59 Å². The first kappa shape index (κ1) is 13.0. The first-order chi connectivity index (χ1) is 7.64. The smallest absolute Gasteiger partial charge is 0.325 e. The minimum atomic E-state index is -0.480. The summed E-state index contributed by atoms with van der Waals surface area (Å²) >= 11 is 0. The third kappa shape index (κ3) is 2.95. The lowest BCUT2D eigenvalue weighted by molar-refractivity contribution is -0.144. The SMILES string of the molecule is CCOC(=O)CNC(=O)C1(CC)CCCN1. The van der Waals surface area contributed by atoms with Gasteiger partial charge in [0.05, 0.1) is 12.1 Å². The van der Waals surface area contributed by atoms with Gasteiger partial charge in [-0.1, -0.05) is 6.92 Å². The molecule has 1 unspecified atom stereocenters. The van der Waals surface area contributed by atoms with Crippen molar-refractivity contribution in [1.29, 1.82) is 0 Å². The molecule has 1 fully saturated rings. The van der Waals surface area contributed by atoms with Crippen LogP contribution in [0.15, 0.2) is 0 Å². The highest BCUT2D eigenvalue weighted by molar-refractivity contribution is 5.89. The van der Waals surface area contributed by atoms with Gasteiger partial charge in [-0.05, 0) is 32.7 Å². The summed E-state index contributed by atoms with van der Waals surface area (Å²) in [5, 5.41) is 5.84. The van der Waals surface area contributed by atoms with Gasteiger partial charge in [0, 0.05) is 0 Å². The summed E-state index contributed by atoms with van der Waals surface area (Å²) in [7, 11) is 0. The maximum absolute atomic E-state index is 11.9. The van der Waals surface area contributed by atoms with Gasteiger partial charge in [-0.15, -0.1) is 0 Å². The fourth-order valence-corrected chi connectivity index (χ4v) is 2.00. The average molecular weight is 228 g/mol. The quantitative estimate of drug-likeness (QED) is 0.660. The molecule has 1 atom stereocenters. The molecule has 1 rings (SSSR count). The van der Waals surface area contributed by atoms with Gasteiger partial charge in [-0.25, -0.2) is 0 Å². The number of rotatable bonds is 5. The van der Waals surface area contributed by atoms with E-state index in [4.69, 9.17) is 4.74 Å². The lowest BCUT2D eigenvalue weighted by atomic mass is 9.93. The Kier molecular flexibility index (Phi) is 4.73. The van der Waals surface area contributed by atoms with Crippen LogP contribution < -0.4 is 10.6 Å². The number of carbonyl (C=O) groups is 2. The Morgan fingerprint density at radius 2 is 2.19 bits per heavy atom. The predicted molar refractivity (Wildman–Crippen MR) is 59.9 cm³/mol. The number of nitrogens with one attached hydrogen (secondary N) is 2.